The molecule has 0 saturated carbocycles. The van der Waals surface area contributed by atoms with Crippen LogP contribution in [-0.4, -0.2) is 32.0 Å². The summed E-state index contributed by atoms with van der Waals surface area (Å²) >= 11 is 3.46. The highest BCUT2D eigenvalue weighted by atomic mass is 79.9. The van der Waals surface area contributed by atoms with Crippen LogP contribution in [-0.2, 0) is 0 Å². The van der Waals surface area contributed by atoms with Crippen molar-refractivity contribution in [3.8, 4) is 11.5 Å². The number of carbonyl (C=O) groups is 1. The number of hydrazone groups is 1. The molecule has 0 unspecified atom stereocenters. The predicted octanol–water partition coefficient (Wildman–Crippen LogP) is 3.54. The van der Waals surface area contributed by atoms with Gasteiger partial charge < -0.3 is 14.4 Å². The largest absolute Gasteiger partial charge is 0.454 e. The Hall–Kier alpha value is -2.54. The van der Waals surface area contributed by atoms with Crippen LogP contribution in [0.4, 0.5) is 5.69 Å². The van der Waals surface area contributed by atoms with Crippen LogP contribution in [0.5, 0.6) is 11.5 Å². The van der Waals surface area contributed by atoms with E-state index in [2.05, 4.69) is 31.4 Å². The Kier molecular flexibility index (Phi) is 4.79. The van der Waals surface area contributed by atoms with Crippen molar-refractivity contribution < 1.29 is 14.3 Å². The van der Waals surface area contributed by atoms with Crippen molar-refractivity contribution in [3.63, 3.8) is 0 Å². The van der Waals surface area contributed by atoms with Crippen molar-refractivity contribution in [1.82, 2.24) is 5.43 Å². The molecule has 2 aromatic carbocycles. The van der Waals surface area contributed by atoms with Crippen molar-refractivity contribution in [2.75, 3.05) is 24.8 Å². The van der Waals surface area contributed by atoms with Gasteiger partial charge in [-0.05, 0) is 65.2 Å². The van der Waals surface area contributed by atoms with E-state index in [4.69, 9.17) is 9.47 Å². The Labute approximate surface area is 159 Å². The minimum absolute atomic E-state index is 0.215. The summed E-state index contributed by atoms with van der Waals surface area (Å²) in [5.41, 5.74) is 5.08. The first-order valence-corrected chi connectivity index (χ1v) is 9.27. The zero-order valence-electron chi connectivity index (χ0n) is 14.1. The third-order valence-electron chi connectivity index (χ3n) is 4.46. The van der Waals surface area contributed by atoms with E-state index in [-0.39, 0.29) is 12.7 Å². The molecule has 4 rings (SSSR count). The van der Waals surface area contributed by atoms with Crippen molar-refractivity contribution in [2.45, 2.75) is 12.8 Å². The predicted molar refractivity (Wildman–Crippen MR) is 103 cm³/mol. The highest BCUT2D eigenvalue weighted by Crippen LogP contribution is 2.36. The topological polar surface area (TPSA) is 63.2 Å². The van der Waals surface area contributed by atoms with Crippen LogP contribution in [0.25, 0.3) is 0 Å². The van der Waals surface area contributed by atoms with Gasteiger partial charge in [0.05, 0.1) is 6.21 Å². The lowest BCUT2D eigenvalue weighted by atomic mass is 10.2. The highest BCUT2D eigenvalue weighted by Gasteiger charge is 2.16. The number of carbonyl (C=O) groups excluding carboxylic acids is 1. The van der Waals surface area contributed by atoms with Crippen molar-refractivity contribution in [1.29, 1.82) is 0 Å². The van der Waals surface area contributed by atoms with Crippen LogP contribution in [0, 0.1) is 0 Å². The van der Waals surface area contributed by atoms with Crippen LogP contribution < -0.4 is 19.8 Å². The second kappa shape index (κ2) is 7.37. The normalized spacial score (nSPS) is 15.7. The molecule has 0 aromatic heterocycles. The summed E-state index contributed by atoms with van der Waals surface area (Å²) in [5.74, 6) is 1.11. The highest BCUT2D eigenvalue weighted by molar-refractivity contribution is 9.10. The maximum absolute atomic E-state index is 12.2. The number of hydrogen-bond donors (Lipinski definition) is 1. The summed E-state index contributed by atoms with van der Waals surface area (Å²) in [4.78, 5) is 14.6. The Morgan fingerprint density at radius 2 is 1.81 bits per heavy atom. The molecule has 1 N–H and O–H groups in total. The van der Waals surface area contributed by atoms with Gasteiger partial charge in [-0.25, -0.2) is 5.43 Å². The lowest BCUT2D eigenvalue weighted by molar-refractivity contribution is 0.0955. The molecule has 0 radical (unpaired) electrons. The fourth-order valence-electron chi connectivity index (χ4n) is 3.06. The number of amides is 1. The standard InChI is InChI=1S/C19H18BrN3O3/c20-16-10-18-17(25-12-26-18)9-14(16)11-21-22-19(24)13-3-5-15(6-4-13)23-7-1-2-8-23/h3-6,9-11H,1-2,7-8,12H2,(H,22,24)/b21-11+. The van der Waals surface area contributed by atoms with Gasteiger partial charge in [0.15, 0.2) is 11.5 Å². The number of anilines is 1. The summed E-state index contributed by atoms with van der Waals surface area (Å²) in [5, 5.41) is 4.04. The van der Waals surface area contributed by atoms with Gasteiger partial charge in [-0.3, -0.25) is 4.79 Å². The number of rotatable bonds is 4. The maximum Gasteiger partial charge on any atom is 0.271 e. The second-order valence-electron chi connectivity index (χ2n) is 6.17. The number of hydrogen-bond acceptors (Lipinski definition) is 5. The molecule has 2 aliphatic rings. The fraction of sp³-hybridized carbons (Fsp3) is 0.263. The number of nitrogens with one attached hydrogen (secondary N) is 1. The van der Waals surface area contributed by atoms with E-state index in [1.807, 2.05) is 36.4 Å². The van der Waals surface area contributed by atoms with E-state index in [1.165, 1.54) is 12.8 Å². The Bertz CT molecular complexity index is 846. The van der Waals surface area contributed by atoms with Crippen LogP contribution in [0.1, 0.15) is 28.8 Å². The number of nitrogens with zero attached hydrogens (tertiary/aromatic N) is 2. The molecule has 6 nitrogen and oxygen atoms in total. The SMILES string of the molecule is O=C(N/N=C/c1cc2c(cc1Br)OCO2)c1ccc(N2CCCC2)cc1. The number of fused-ring (bicyclic) bond motifs is 1. The lowest BCUT2D eigenvalue weighted by Crippen LogP contribution is -2.19. The molecule has 2 heterocycles. The minimum Gasteiger partial charge on any atom is -0.454 e. The van der Waals surface area contributed by atoms with E-state index in [0.717, 1.165) is 28.8 Å². The molecule has 26 heavy (non-hydrogen) atoms. The first-order valence-electron chi connectivity index (χ1n) is 8.48. The molecule has 2 aromatic rings. The molecule has 2 aliphatic heterocycles. The minimum atomic E-state index is -0.244. The molecule has 0 bridgehead atoms. The van der Waals surface area contributed by atoms with Gasteiger partial charge in [-0.2, -0.15) is 5.10 Å². The fourth-order valence-corrected chi connectivity index (χ4v) is 3.48. The molecule has 134 valence electrons. The Morgan fingerprint density at radius 1 is 1.12 bits per heavy atom. The summed E-state index contributed by atoms with van der Waals surface area (Å²) in [6.07, 6.45) is 4.03. The molecule has 1 amide bonds. The van der Waals surface area contributed by atoms with Crippen LogP contribution in [0.2, 0.25) is 0 Å². The maximum atomic E-state index is 12.2. The van der Waals surface area contributed by atoms with E-state index < -0.39 is 0 Å². The van der Waals surface area contributed by atoms with Gasteiger partial charge in [0.1, 0.15) is 0 Å². The zero-order chi connectivity index (χ0) is 17.9. The van der Waals surface area contributed by atoms with Gasteiger partial charge in [0, 0.05) is 34.4 Å². The van der Waals surface area contributed by atoms with Crippen LogP contribution in [0.3, 0.4) is 0 Å². The molecular weight excluding hydrogens is 398 g/mol. The number of ether oxygens (including phenoxy) is 2. The van der Waals surface area contributed by atoms with Crippen LogP contribution in [0.15, 0.2) is 46.0 Å². The zero-order valence-corrected chi connectivity index (χ0v) is 15.7. The van der Waals surface area contributed by atoms with E-state index >= 15 is 0 Å². The van der Waals surface area contributed by atoms with Crippen LogP contribution >= 0.6 is 15.9 Å². The van der Waals surface area contributed by atoms with Gasteiger partial charge in [0.2, 0.25) is 6.79 Å². The third-order valence-corrected chi connectivity index (χ3v) is 5.15. The quantitative estimate of drug-likeness (QED) is 0.612. The molecular formula is C19H18BrN3O3. The first-order chi connectivity index (χ1) is 12.7. The van der Waals surface area contributed by atoms with E-state index in [9.17, 15) is 4.79 Å². The average molecular weight is 416 g/mol. The van der Waals surface area contributed by atoms with Crippen molar-refractivity contribution in [2.24, 2.45) is 5.10 Å². The molecule has 1 saturated heterocycles. The lowest BCUT2D eigenvalue weighted by Gasteiger charge is -2.17. The van der Waals surface area contributed by atoms with Gasteiger partial charge in [-0.15, -0.1) is 0 Å². The molecule has 0 spiro atoms. The van der Waals surface area contributed by atoms with Gasteiger partial charge in [0.25, 0.3) is 5.91 Å². The van der Waals surface area contributed by atoms with Gasteiger partial charge in [-0.1, -0.05) is 0 Å². The smallest absolute Gasteiger partial charge is 0.271 e. The number of benzene rings is 2. The van der Waals surface area contributed by atoms with E-state index in [0.29, 0.717) is 17.1 Å². The monoisotopic (exact) mass is 415 g/mol. The van der Waals surface area contributed by atoms with Crippen molar-refractivity contribution >= 4 is 33.7 Å². The second-order valence-corrected chi connectivity index (χ2v) is 7.02. The molecule has 7 heteroatoms. The summed E-state index contributed by atoms with van der Waals surface area (Å²) in [6.45, 7) is 2.38. The molecule has 0 aliphatic carbocycles. The summed E-state index contributed by atoms with van der Waals surface area (Å²) < 4.78 is 11.5. The van der Waals surface area contributed by atoms with Crippen molar-refractivity contribution in [3.05, 3.63) is 52.0 Å². The summed E-state index contributed by atoms with van der Waals surface area (Å²) in [7, 11) is 0. The Balaban J connectivity index is 1.40. The molecule has 1 fully saturated rings. The molecule has 0 atom stereocenters. The first kappa shape index (κ1) is 16.9. The number of halogens is 1. The van der Waals surface area contributed by atoms with E-state index in [1.54, 1.807) is 6.21 Å². The Morgan fingerprint density at radius 3 is 2.54 bits per heavy atom. The van der Waals surface area contributed by atoms with Gasteiger partial charge >= 0.3 is 0 Å². The third kappa shape index (κ3) is 3.53. The summed E-state index contributed by atoms with van der Waals surface area (Å²) in [6, 6.07) is 11.3. The average Bonchev–Trinajstić information content (AvgIpc) is 3.33.